The van der Waals surface area contributed by atoms with Crippen LogP contribution in [0.1, 0.15) is 44.2 Å². The molecule has 0 heterocycles. The lowest BCUT2D eigenvalue weighted by molar-refractivity contribution is -0.121. The predicted molar refractivity (Wildman–Crippen MR) is 81.0 cm³/mol. The molecule has 1 atom stereocenters. The van der Waals surface area contributed by atoms with Gasteiger partial charge in [-0.15, -0.1) is 0 Å². The third-order valence-electron chi connectivity index (χ3n) is 3.66. The second kappa shape index (κ2) is 7.06. The maximum Gasteiger partial charge on any atom is 0.234 e. The third kappa shape index (κ3) is 4.62. The fourth-order valence-electron chi connectivity index (χ4n) is 2.46. The first-order valence-corrected chi connectivity index (χ1v) is 7.72. The molecule has 0 aliphatic heterocycles. The van der Waals surface area contributed by atoms with Crippen LogP contribution in [0.25, 0.3) is 0 Å². The molecule has 0 bridgehead atoms. The van der Waals surface area contributed by atoms with Crippen LogP contribution >= 0.6 is 15.9 Å². The molecule has 19 heavy (non-hydrogen) atoms. The van der Waals surface area contributed by atoms with Gasteiger partial charge < -0.3 is 10.6 Å². The average Bonchev–Trinajstić information content (AvgIpc) is 2.89. The van der Waals surface area contributed by atoms with Crippen molar-refractivity contribution in [1.29, 1.82) is 0 Å². The van der Waals surface area contributed by atoms with Crippen LogP contribution < -0.4 is 10.6 Å². The minimum atomic E-state index is 0.107. The van der Waals surface area contributed by atoms with Gasteiger partial charge in [0.15, 0.2) is 0 Å². The molecule has 0 saturated heterocycles. The molecule has 2 rings (SSSR count). The van der Waals surface area contributed by atoms with Crippen molar-refractivity contribution in [3.8, 4) is 0 Å². The van der Waals surface area contributed by atoms with E-state index in [9.17, 15) is 4.79 Å². The molecule has 2 N–H and O–H groups in total. The van der Waals surface area contributed by atoms with E-state index < -0.39 is 0 Å². The van der Waals surface area contributed by atoms with Crippen LogP contribution in [0.5, 0.6) is 0 Å². The molecule has 1 amide bonds. The van der Waals surface area contributed by atoms with E-state index >= 15 is 0 Å². The lowest BCUT2D eigenvalue weighted by atomic mass is 10.1. The predicted octanol–water partition coefficient (Wildman–Crippen LogP) is 3.16. The van der Waals surface area contributed by atoms with Gasteiger partial charge in [-0.25, -0.2) is 0 Å². The molecule has 1 aromatic rings. The van der Waals surface area contributed by atoms with Crippen molar-refractivity contribution < 1.29 is 4.79 Å². The van der Waals surface area contributed by atoms with Gasteiger partial charge in [0.1, 0.15) is 0 Å². The zero-order chi connectivity index (χ0) is 13.7. The number of carbonyl (C=O) groups is 1. The highest BCUT2D eigenvalue weighted by molar-refractivity contribution is 9.10. The highest BCUT2D eigenvalue weighted by Crippen LogP contribution is 2.18. The zero-order valence-corrected chi connectivity index (χ0v) is 12.9. The second-order valence-corrected chi connectivity index (χ2v) is 6.12. The summed E-state index contributed by atoms with van der Waals surface area (Å²) >= 11 is 3.42. The van der Waals surface area contributed by atoms with Crippen molar-refractivity contribution in [3.05, 3.63) is 34.3 Å². The molecule has 1 saturated carbocycles. The van der Waals surface area contributed by atoms with E-state index in [1.165, 1.54) is 18.4 Å². The van der Waals surface area contributed by atoms with Crippen LogP contribution in [0.2, 0.25) is 0 Å². The summed E-state index contributed by atoms with van der Waals surface area (Å²) < 4.78 is 1.07. The molecule has 0 spiro atoms. The summed E-state index contributed by atoms with van der Waals surface area (Å²) in [5.74, 6) is 0.107. The van der Waals surface area contributed by atoms with E-state index in [1.807, 2.05) is 12.1 Å². The zero-order valence-electron chi connectivity index (χ0n) is 11.3. The Morgan fingerprint density at radius 2 is 1.95 bits per heavy atom. The van der Waals surface area contributed by atoms with Crippen LogP contribution in [-0.2, 0) is 4.79 Å². The Morgan fingerprint density at radius 1 is 1.32 bits per heavy atom. The molecular weight excluding hydrogens is 304 g/mol. The van der Waals surface area contributed by atoms with Crippen molar-refractivity contribution in [2.75, 3.05) is 6.54 Å². The van der Waals surface area contributed by atoms with Gasteiger partial charge in [0, 0.05) is 16.6 Å². The summed E-state index contributed by atoms with van der Waals surface area (Å²) in [6, 6.07) is 8.76. The van der Waals surface area contributed by atoms with Crippen molar-refractivity contribution in [2.24, 2.45) is 0 Å². The number of benzene rings is 1. The van der Waals surface area contributed by atoms with Crippen molar-refractivity contribution in [3.63, 3.8) is 0 Å². The molecule has 4 heteroatoms. The SMILES string of the molecule is CC(NCC(=O)NC1CCCC1)c1ccc(Br)cc1. The standard InChI is InChI=1S/C15H21BrN2O/c1-11(12-6-8-13(16)9-7-12)17-10-15(19)18-14-4-2-3-5-14/h6-9,11,14,17H,2-5,10H2,1H3,(H,18,19). The summed E-state index contributed by atoms with van der Waals surface area (Å²) in [5.41, 5.74) is 1.19. The van der Waals surface area contributed by atoms with Crippen LogP contribution in [0.4, 0.5) is 0 Å². The molecule has 1 aliphatic rings. The highest BCUT2D eigenvalue weighted by atomic mass is 79.9. The summed E-state index contributed by atoms with van der Waals surface area (Å²) in [7, 11) is 0. The van der Waals surface area contributed by atoms with E-state index in [1.54, 1.807) is 0 Å². The number of hydrogen-bond acceptors (Lipinski definition) is 2. The maximum absolute atomic E-state index is 11.8. The molecule has 0 radical (unpaired) electrons. The molecule has 1 aliphatic carbocycles. The minimum absolute atomic E-state index is 0.107. The Kier molecular flexibility index (Phi) is 5.40. The first kappa shape index (κ1) is 14.5. The summed E-state index contributed by atoms with van der Waals surface area (Å²) in [5, 5.41) is 6.35. The molecule has 0 aromatic heterocycles. The van der Waals surface area contributed by atoms with Gasteiger partial charge >= 0.3 is 0 Å². The Morgan fingerprint density at radius 3 is 2.58 bits per heavy atom. The third-order valence-corrected chi connectivity index (χ3v) is 4.19. The van der Waals surface area contributed by atoms with Crippen molar-refractivity contribution in [2.45, 2.75) is 44.7 Å². The molecular formula is C15H21BrN2O. The van der Waals surface area contributed by atoms with E-state index in [4.69, 9.17) is 0 Å². The van der Waals surface area contributed by atoms with E-state index in [0.29, 0.717) is 12.6 Å². The molecule has 1 unspecified atom stereocenters. The largest absolute Gasteiger partial charge is 0.352 e. The fraction of sp³-hybridized carbons (Fsp3) is 0.533. The first-order chi connectivity index (χ1) is 9.15. The Labute approximate surface area is 123 Å². The highest BCUT2D eigenvalue weighted by Gasteiger charge is 2.17. The van der Waals surface area contributed by atoms with Crippen LogP contribution in [-0.4, -0.2) is 18.5 Å². The summed E-state index contributed by atoms with van der Waals surface area (Å²) in [4.78, 5) is 11.8. The number of nitrogens with one attached hydrogen (secondary N) is 2. The summed E-state index contributed by atoms with van der Waals surface area (Å²) in [6.07, 6.45) is 4.75. The average molecular weight is 325 g/mol. The number of halogens is 1. The molecule has 104 valence electrons. The Balaban J connectivity index is 1.74. The van der Waals surface area contributed by atoms with Gasteiger partial charge in [0.05, 0.1) is 6.54 Å². The van der Waals surface area contributed by atoms with E-state index in [-0.39, 0.29) is 11.9 Å². The van der Waals surface area contributed by atoms with Gasteiger partial charge in [-0.05, 0) is 37.5 Å². The number of hydrogen-bond donors (Lipinski definition) is 2. The van der Waals surface area contributed by atoms with Gasteiger partial charge in [0.25, 0.3) is 0 Å². The van der Waals surface area contributed by atoms with Crippen molar-refractivity contribution >= 4 is 21.8 Å². The minimum Gasteiger partial charge on any atom is -0.352 e. The van der Waals surface area contributed by atoms with Gasteiger partial charge in [0.2, 0.25) is 5.91 Å². The molecule has 1 fully saturated rings. The normalized spacial score (nSPS) is 17.4. The lowest BCUT2D eigenvalue weighted by Crippen LogP contribution is -2.39. The van der Waals surface area contributed by atoms with Gasteiger partial charge in [-0.3, -0.25) is 4.79 Å². The fourth-order valence-corrected chi connectivity index (χ4v) is 2.73. The topological polar surface area (TPSA) is 41.1 Å². The lowest BCUT2D eigenvalue weighted by Gasteiger charge is -2.16. The van der Waals surface area contributed by atoms with Crippen LogP contribution in [0.3, 0.4) is 0 Å². The number of carbonyl (C=O) groups excluding carboxylic acids is 1. The maximum atomic E-state index is 11.8. The second-order valence-electron chi connectivity index (χ2n) is 5.20. The van der Waals surface area contributed by atoms with E-state index in [2.05, 4.69) is 45.6 Å². The number of rotatable bonds is 5. The monoisotopic (exact) mass is 324 g/mol. The molecule has 1 aromatic carbocycles. The Bertz CT molecular complexity index is 413. The van der Waals surface area contributed by atoms with Crippen LogP contribution in [0, 0.1) is 0 Å². The van der Waals surface area contributed by atoms with Gasteiger partial charge in [-0.1, -0.05) is 40.9 Å². The quantitative estimate of drug-likeness (QED) is 0.873. The van der Waals surface area contributed by atoms with Gasteiger partial charge in [-0.2, -0.15) is 0 Å². The molecule has 3 nitrogen and oxygen atoms in total. The summed E-state index contributed by atoms with van der Waals surface area (Å²) in [6.45, 7) is 2.46. The number of amides is 1. The van der Waals surface area contributed by atoms with Crippen molar-refractivity contribution in [1.82, 2.24) is 10.6 Å². The Hall–Kier alpha value is -0.870. The smallest absolute Gasteiger partial charge is 0.234 e. The van der Waals surface area contributed by atoms with Crippen LogP contribution in [0.15, 0.2) is 28.7 Å². The van der Waals surface area contributed by atoms with E-state index in [0.717, 1.165) is 17.3 Å². The first-order valence-electron chi connectivity index (χ1n) is 6.93.